The van der Waals surface area contributed by atoms with E-state index in [-0.39, 0.29) is 11.3 Å². The minimum absolute atomic E-state index is 0.223. The van der Waals surface area contributed by atoms with Gasteiger partial charge in [-0.2, -0.15) is 0 Å². The van der Waals surface area contributed by atoms with Crippen molar-refractivity contribution in [2.75, 3.05) is 11.1 Å². The van der Waals surface area contributed by atoms with Crippen molar-refractivity contribution >= 4 is 34.0 Å². The Hall–Kier alpha value is -1.55. The zero-order chi connectivity index (χ0) is 11.7. The first kappa shape index (κ1) is 11.0. The van der Waals surface area contributed by atoms with Crippen molar-refractivity contribution in [3.8, 4) is 0 Å². The molecule has 1 heterocycles. The molecule has 0 aliphatic carbocycles. The van der Waals surface area contributed by atoms with Crippen molar-refractivity contribution in [3.05, 3.63) is 23.5 Å². The van der Waals surface area contributed by atoms with E-state index in [1.165, 1.54) is 0 Å². The molecule has 16 heavy (non-hydrogen) atoms. The lowest BCUT2D eigenvalue weighted by atomic mass is 10.2. The fourth-order valence-corrected chi connectivity index (χ4v) is 1.68. The molecule has 5 heteroatoms. The molecule has 0 atom stereocenters. The molecule has 1 aromatic heterocycles. The Labute approximate surface area is 98.8 Å². The number of benzene rings is 1. The van der Waals surface area contributed by atoms with Crippen LogP contribution in [0.3, 0.4) is 0 Å². The van der Waals surface area contributed by atoms with E-state index in [1.54, 1.807) is 6.07 Å². The van der Waals surface area contributed by atoms with Crippen LogP contribution in [0, 0.1) is 0 Å². The number of halogens is 1. The molecule has 0 aliphatic rings. The molecule has 0 fully saturated rings. The van der Waals surface area contributed by atoms with E-state index < -0.39 is 0 Å². The van der Waals surface area contributed by atoms with Crippen molar-refractivity contribution in [1.82, 2.24) is 9.97 Å². The Morgan fingerprint density at radius 2 is 2.06 bits per heavy atom. The standard InChI is InChI=1S/C11H13ClN4/c1-6(2)14-10-8-4-3-7(13)5-9(8)15-11(12)16-10/h3-6H,13H2,1-2H3,(H,14,15,16). The van der Waals surface area contributed by atoms with Gasteiger partial charge in [0.05, 0.1) is 5.52 Å². The normalized spacial score (nSPS) is 11.0. The maximum Gasteiger partial charge on any atom is 0.224 e. The molecule has 0 unspecified atom stereocenters. The van der Waals surface area contributed by atoms with Crippen LogP contribution in [0.1, 0.15) is 13.8 Å². The molecule has 3 N–H and O–H groups in total. The summed E-state index contributed by atoms with van der Waals surface area (Å²) in [6.07, 6.45) is 0. The van der Waals surface area contributed by atoms with E-state index in [1.807, 2.05) is 26.0 Å². The SMILES string of the molecule is CC(C)Nc1nc(Cl)nc2cc(N)ccc12. The summed E-state index contributed by atoms with van der Waals surface area (Å²) in [6, 6.07) is 5.79. The van der Waals surface area contributed by atoms with Gasteiger partial charge in [0.15, 0.2) is 0 Å². The molecule has 0 amide bonds. The van der Waals surface area contributed by atoms with Crippen LogP contribution in [-0.4, -0.2) is 16.0 Å². The topological polar surface area (TPSA) is 63.8 Å². The second-order valence-electron chi connectivity index (χ2n) is 3.92. The van der Waals surface area contributed by atoms with E-state index in [0.29, 0.717) is 5.69 Å². The zero-order valence-corrected chi connectivity index (χ0v) is 9.92. The molecule has 0 aliphatic heterocycles. The van der Waals surface area contributed by atoms with Crippen LogP contribution in [0.2, 0.25) is 5.28 Å². The number of nitrogens with one attached hydrogen (secondary N) is 1. The summed E-state index contributed by atoms with van der Waals surface area (Å²) in [7, 11) is 0. The third-order valence-electron chi connectivity index (χ3n) is 2.12. The molecule has 0 saturated heterocycles. The molecule has 0 saturated carbocycles. The van der Waals surface area contributed by atoms with Crippen LogP contribution < -0.4 is 11.1 Å². The van der Waals surface area contributed by atoms with Crippen LogP contribution >= 0.6 is 11.6 Å². The number of nitrogens with zero attached hydrogens (tertiary/aromatic N) is 2. The Morgan fingerprint density at radius 1 is 1.31 bits per heavy atom. The average Bonchev–Trinajstić information content (AvgIpc) is 2.15. The van der Waals surface area contributed by atoms with E-state index >= 15 is 0 Å². The lowest BCUT2D eigenvalue weighted by Gasteiger charge is -2.11. The first-order valence-electron chi connectivity index (χ1n) is 5.05. The van der Waals surface area contributed by atoms with Gasteiger partial charge in [-0.25, -0.2) is 9.97 Å². The molecule has 0 radical (unpaired) electrons. The number of fused-ring (bicyclic) bond motifs is 1. The average molecular weight is 237 g/mol. The van der Waals surface area contributed by atoms with Crippen LogP contribution in [0.4, 0.5) is 11.5 Å². The second kappa shape index (κ2) is 4.14. The number of nitrogens with two attached hydrogens (primary N) is 1. The lowest BCUT2D eigenvalue weighted by molar-refractivity contribution is 0.890. The maximum absolute atomic E-state index is 5.86. The monoisotopic (exact) mass is 236 g/mol. The molecule has 4 nitrogen and oxygen atoms in total. The van der Waals surface area contributed by atoms with E-state index in [9.17, 15) is 0 Å². The fourth-order valence-electron chi connectivity index (χ4n) is 1.50. The summed E-state index contributed by atoms with van der Waals surface area (Å²) >= 11 is 5.86. The summed E-state index contributed by atoms with van der Waals surface area (Å²) in [5, 5.41) is 4.38. The van der Waals surface area contributed by atoms with Crippen molar-refractivity contribution in [2.45, 2.75) is 19.9 Å². The number of nitrogen functional groups attached to an aromatic ring is 1. The Balaban J connectivity index is 2.63. The number of aromatic nitrogens is 2. The summed E-state index contributed by atoms with van der Waals surface area (Å²) in [6.45, 7) is 4.08. The smallest absolute Gasteiger partial charge is 0.224 e. The van der Waals surface area contributed by atoms with Gasteiger partial charge in [0.2, 0.25) is 5.28 Å². The van der Waals surface area contributed by atoms with Crippen molar-refractivity contribution < 1.29 is 0 Å². The van der Waals surface area contributed by atoms with Gasteiger partial charge in [-0.15, -0.1) is 0 Å². The van der Waals surface area contributed by atoms with Crippen LogP contribution in [0.15, 0.2) is 18.2 Å². The molecule has 2 aromatic rings. The van der Waals surface area contributed by atoms with Gasteiger partial charge in [-0.1, -0.05) is 0 Å². The van der Waals surface area contributed by atoms with Crippen molar-refractivity contribution in [3.63, 3.8) is 0 Å². The third kappa shape index (κ3) is 2.17. The van der Waals surface area contributed by atoms with Crippen LogP contribution in [-0.2, 0) is 0 Å². The van der Waals surface area contributed by atoms with Gasteiger partial charge in [0, 0.05) is 17.1 Å². The summed E-state index contributed by atoms with van der Waals surface area (Å²) in [4.78, 5) is 8.31. The minimum atomic E-state index is 0.223. The molecular weight excluding hydrogens is 224 g/mol. The predicted molar refractivity (Wildman–Crippen MR) is 67.7 cm³/mol. The zero-order valence-electron chi connectivity index (χ0n) is 9.16. The van der Waals surface area contributed by atoms with Gasteiger partial charge in [-0.3, -0.25) is 0 Å². The number of rotatable bonds is 2. The Morgan fingerprint density at radius 3 is 2.75 bits per heavy atom. The maximum atomic E-state index is 5.86. The first-order valence-corrected chi connectivity index (χ1v) is 5.43. The fraction of sp³-hybridized carbons (Fsp3) is 0.273. The Kier molecular flexibility index (Phi) is 2.83. The van der Waals surface area contributed by atoms with Crippen LogP contribution in [0.25, 0.3) is 10.9 Å². The molecule has 84 valence electrons. The number of hydrogen-bond donors (Lipinski definition) is 2. The quantitative estimate of drug-likeness (QED) is 0.622. The summed E-state index contributed by atoms with van der Waals surface area (Å²) in [5.41, 5.74) is 7.12. The predicted octanol–water partition coefficient (Wildman–Crippen LogP) is 2.69. The summed E-state index contributed by atoms with van der Waals surface area (Å²) < 4.78 is 0. The largest absolute Gasteiger partial charge is 0.399 e. The highest BCUT2D eigenvalue weighted by atomic mass is 35.5. The van der Waals surface area contributed by atoms with E-state index in [0.717, 1.165) is 16.7 Å². The highest BCUT2D eigenvalue weighted by molar-refractivity contribution is 6.28. The van der Waals surface area contributed by atoms with Gasteiger partial charge >= 0.3 is 0 Å². The Bertz CT molecular complexity index is 519. The third-order valence-corrected chi connectivity index (χ3v) is 2.29. The van der Waals surface area contributed by atoms with Gasteiger partial charge in [0.1, 0.15) is 5.82 Å². The molecule has 2 rings (SSSR count). The molecule has 1 aromatic carbocycles. The first-order chi connectivity index (χ1) is 7.56. The highest BCUT2D eigenvalue weighted by Crippen LogP contribution is 2.24. The van der Waals surface area contributed by atoms with Crippen molar-refractivity contribution in [2.24, 2.45) is 0 Å². The minimum Gasteiger partial charge on any atom is -0.399 e. The number of hydrogen-bond acceptors (Lipinski definition) is 4. The molecule has 0 bridgehead atoms. The van der Waals surface area contributed by atoms with Gasteiger partial charge in [0.25, 0.3) is 0 Å². The molecule has 0 spiro atoms. The van der Waals surface area contributed by atoms with Crippen LogP contribution in [0.5, 0.6) is 0 Å². The highest BCUT2D eigenvalue weighted by Gasteiger charge is 2.07. The molecular formula is C11H13ClN4. The van der Waals surface area contributed by atoms with E-state index in [4.69, 9.17) is 17.3 Å². The van der Waals surface area contributed by atoms with Gasteiger partial charge in [-0.05, 0) is 43.6 Å². The lowest BCUT2D eigenvalue weighted by Crippen LogP contribution is -2.11. The van der Waals surface area contributed by atoms with Crippen molar-refractivity contribution in [1.29, 1.82) is 0 Å². The number of anilines is 2. The van der Waals surface area contributed by atoms with E-state index in [2.05, 4.69) is 15.3 Å². The van der Waals surface area contributed by atoms with Gasteiger partial charge < -0.3 is 11.1 Å². The second-order valence-corrected chi connectivity index (χ2v) is 4.25. The summed E-state index contributed by atoms with van der Waals surface area (Å²) in [5.74, 6) is 0.741.